The number of benzene rings is 2. The van der Waals surface area contributed by atoms with Gasteiger partial charge >= 0.3 is 6.03 Å². The molecule has 1 aromatic heterocycles. The third-order valence-corrected chi connectivity index (χ3v) is 3.78. The van der Waals surface area contributed by atoms with Gasteiger partial charge in [-0.1, -0.05) is 23.4 Å². The zero-order valence-corrected chi connectivity index (χ0v) is 14.8. The van der Waals surface area contributed by atoms with Gasteiger partial charge < -0.3 is 15.4 Å². The summed E-state index contributed by atoms with van der Waals surface area (Å²) < 4.78 is 6.99. The number of rotatable bonds is 6. The van der Waals surface area contributed by atoms with Crippen molar-refractivity contribution < 1.29 is 9.53 Å². The van der Waals surface area contributed by atoms with E-state index in [1.165, 1.54) is 0 Å². The fourth-order valence-corrected chi connectivity index (χ4v) is 2.39. The molecule has 3 aromatic rings. The number of urea groups is 1. The number of hydrogen-bond donors (Lipinski definition) is 2. The summed E-state index contributed by atoms with van der Waals surface area (Å²) in [6, 6.07) is 14.7. The third-order valence-electron chi connectivity index (χ3n) is 3.78. The summed E-state index contributed by atoms with van der Waals surface area (Å²) >= 11 is 0. The van der Waals surface area contributed by atoms with Gasteiger partial charge in [0, 0.05) is 18.0 Å². The predicted molar refractivity (Wildman–Crippen MR) is 101 cm³/mol. The number of nitrogens with zero attached hydrogens (tertiary/aromatic N) is 3. The van der Waals surface area contributed by atoms with Crippen molar-refractivity contribution in [2.24, 2.45) is 0 Å². The summed E-state index contributed by atoms with van der Waals surface area (Å²) in [6.45, 7) is 4.96. The van der Waals surface area contributed by atoms with Gasteiger partial charge in [0.05, 0.1) is 18.5 Å². The lowest BCUT2D eigenvalue weighted by atomic mass is 10.2. The molecule has 0 fully saturated rings. The zero-order chi connectivity index (χ0) is 18.4. The van der Waals surface area contributed by atoms with E-state index in [-0.39, 0.29) is 6.03 Å². The van der Waals surface area contributed by atoms with Crippen LogP contribution < -0.4 is 10.6 Å². The molecule has 0 saturated carbocycles. The van der Waals surface area contributed by atoms with Crippen molar-refractivity contribution in [2.75, 3.05) is 17.2 Å². The molecule has 0 unspecified atom stereocenters. The Morgan fingerprint density at radius 1 is 1.12 bits per heavy atom. The first kappa shape index (κ1) is 17.6. The van der Waals surface area contributed by atoms with Gasteiger partial charge in [-0.15, -0.1) is 5.10 Å². The molecule has 7 heteroatoms. The van der Waals surface area contributed by atoms with Crippen molar-refractivity contribution in [3.63, 3.8) is 0 Å². The van der Waals surface area contributed by atoms with Crippen molar-refractivity contribution in [1.82, 2.24) is 15.0 Å². The molecule has 26 heavy (non-hydrogen) atoms. The third kappa shape index (κ3) is 4.46. The van der Waals surface area contributed by atoms with Gasteiger partial charge in [-0.2, -0.15) is 0 Å². The summed E-state index contributed by atoms with van der Waals surface area (Å²) in [5, 5.41) is 13.8. The van der Waals surface area contributed by atoms with Gasteiger partial charge in [0.25, 0.3) is 0 Å². The van der Waals surface area contributed by atoms with Crippen LogP contribution in [0.1, 0.15) is 18.2 Å². The first-order valence-electron chi connectivity index (χ1n) is 8.38. The summed E-state index contributed by atoms with van der Waals surface area (Å²) in [4.78, 5) is 12.1. The number of hydrogen-bond acceptors (Lipinski definition) is 4. The molecule has 3 rings (SSSR count). The summed E-state index contributed by atoms with van der Waals surface area (Å²) in [7, 11) is 0. The van der Waals surface area contributed by atoms with Crippen LogP contribution >= 0.6 is 0 Å². The fraction of sp³-hybridized carbons (Fsp3) is 0.211. The predicted octanol–water partition coefficient (Wildman–Crippen LogP) is 3.76. The number of carbonyl (C=O) groups excluding carboxylic acids is 1. The van der Waals surface area contributed by atoms with Gasteiger partial charge in [0.1, 0.15) is 5.69 Å². The Kier molecular flexibility index (Phi) is 5.60. The van der Waals surface area contributed by atoms with Crippen LogP contribution in [0.15, 0.2) is 54.7 Å². The second-order valence-corrected chi connectivity index (χ2v) is 5.73. The average molecular weight is 351 g/mol. The van der Waals surface area contributed by atoms with Crippen LogP contribution in [0, 0.1) is 6.92 Å². The Morgan fingerprint density at radius 2 is 1.88 bits per heavy atom. The molecule has 2 amide bonds. The maximum atomic E-state index is 12.1. The molecule has 134 valence electrons. The molecule has 0 saturated heterocycles. The number of amides is 2. The summed E-state index contributed by atoms with van der Waals surface area (Å²) in [6.07, 6.45) is 1.82. The van der Waals surface area contributed by atoms with Crippen LogP contribution in [0.3, 0.4) is 0 Å². The number of aryl methyl sites for hydroxylation is 1. The molecule has 0 aliphatic carbocycles. The van der Waals surface area contributed by atoms with Gasteiger partial charge in [-0.05, 0) is 49.7 Å². The maximum absolute atomic E-state index is 12.1. The van der Waals surface area contributed by atoms with Crippen LogP contribution in [0.25, 0.3) is 5.69 Å². The average Bonchev–Trinajstić information content (AvgIpc) is 3.11. The Bertz CT molecular complexity index is 874. The molecule has 2 N–H and O–H groups in total. The molecule has 0 bridgehead atoms. The molecular weight excluding hydrogens is 330 g/mol. The van der Waals surface area contributed by atoms with Crippen LogP contribution in [0.2, 0.25) is 0 Å². The number of anilines is 2. The Morgan fingerprint density at radius 3 is 2.62 bits per heavy atom. The Labute approximate surface area is 152 Å². The van der Waals surface area contributed by atoms with Crippen molar-refractivity contribution in [3.05, 3.63) is 66.0 Å². The minimum atomic E-state index is -0.285. The van der Waals surface area contributed by atoms with Crippen LogP contribution in [-0.4, -0.2) is 27.6 Å². The molecule has 0 radical (unpaired) electrons. The number of aromatic nitrogens is 3. The Balaban J connectivity index is 1.61. The fourth-order valence-electron chi connectivity index (χ4n) is 2.39. The lowest BCUT2D eigenvalue weighted by Gasteiger charge is -2.10. The lowest BCUT2D eigenvalue weighted by Crippen LogP contribution is -2.19. The first-order chi connectivity index (χ1) is 12.7. The van der Waals surface area contributed by atoms with Crippen LogP contribution in [-0.2, 0) is 11.3 Å². The number of para-hydroxylation sites is 1. The highest BCUT2D eigenvalue weighted by Crippen LogP contribution is 2.16. The van der Waals surface area contributed by atoms with Crippen LogP contribution in [0.5, 0.6) is 0 Å². The van der Waals surface area contributed by atoms with Gasteiger partial charge in [0.15, 0.2) is 0 Å². The number of carbonyl (C=O) groups is 1. The molecule has 0 spiro atoms. The molecule has 7 nitrogen and oxygen atoms in total. The summed E-state index contributed by atoms with van der Waals surface area (Å²) in [5.41, 5.74) is 4.10. The first-order valence-corrected chi connectivity index (χ1v) is 8.38. The van der Waals surface area contributed by atoms with Crippen LogP contribution in [0.4, 0.5) is 16.2 Å². The van der Waals surface area contributed by atoms with E-state index < -0.39 is 0 Å². The zero-order valence-electron chi connectivity index (χ0n) is 14.8. The highest BCUT2D eigenvalue weighted by atomic mass is 16.5. The van der Waals surface area contributed by atoms with E-state index in [0.717, 1.165) is 22.6 Å². The SMILES string of the molecule is CCOCc1cn(-c2ccc(NC(=O)Nc3ccccc3C)cc2)nn1. The highest BCUT2D eigenvalue weighted by molar-refractivity contribution is 6.00. The minimum Gasteiger partial charge on any atom is -0.375 e. The maximum Gasteiger partial charge on any atom is 0.323 e. The minimum absolute atomic E-state index is 0.285. The van der Waals surface area contributed by atoms with E-state index in [1.54, 1.807) is 4.68 Å². The van der Waals surface area contributed by atoms with Gasteiger partial charge in [-0.25, -0.2) is 9.48 Å². The van der Waals surface area contributed by atoms with Crippen molar-refractivity contribution >= 4 is 17.4 Å². The number of nitrogens with one attached hydrogen (secondary N) is 2. The van der Waals surface area contributed by atoms with Gasteiger partial charge in [-0.3, -0.25) is 0 Å². The standard InChI is InChI=1S/C19H21N5O2/c1-3-26-13-16-12-24(23-22-16)17-10-8-15(9-11-17)20-19(25)21-18-7-5-4-6-14(18)2/h4-12H,3,13H2,1-2H3,(H2,20,21,25). The van der Waals surface area contributed by atoms with Crippen molar-refractivity contribution in [1.29, 1.82) is 0 Å². The smallest absolute Gasteiger partial charge is 0.323 e. The number of ether oxygens (including phenoxy) is 1. The van der Waals surface area contributed by atoms with E-state index >= 15 is 0 Å². The van der Waals surface area contributed by atoms with E-state index in [9.17, 15) is 4.79 Å². The second-order valence-electron chi connectivity index (χ2n) is 5.73. The lowest BCUT2D eigenvalue weighted by molar-refractivity contribution is 0.131. The monoisotopic (exact) mass is 351 g/mol. The van der Waals surface area contributed by atoms with E-state index in [0.29, 0.717) is 18.9 Å². The molecule has 1 heterocycles. The quantitative estimate of drug-likeness (QED) is 0.708. The van der Waals surface area contributed by atoms with Gasteiger partial charge in [0.2, 0.25) is 0 Å². The highest BCUT2D eigenvalue weighted by Gasteiger charge is 2.06. The molecular formula is C19H21N5O2. The molecule has 0 aliphatic rings. The largest absolute Gasteiger partial charge is 0.375 e. The van der Waals surface area contributed by atoms with Crippen molar-refractivity contribution in [3.8, 4) is 5.69 Å². The molecule has 0 aliphatic heterocycles. The van der Waals surface area contributed by atoms with E-state index in [4.69, 9.17) is 4.74 Å². The second kappa shape index (κ2) is 8.26. The van der Waals surface area contributed by atoms with E-state index in [1.807, 2.05) is 68.6 Å². The van der Waals surface area contributed by atoms with E-state index in [2.05, 4.69) is 20.9 Å². The molecule has 0 atom stereocenters. The topological polar surface area (TPSA) is 81.1 Å². The summed E-state index contributed by atoms with van der Waals surface area (Å²) in [5.74, 6) is 0. The normalized spacial score (nSPS) is 10.5. The molecule has 2 aromatic carbocycles. The van der Waals surface area contributed by atoms with Crippen molar-refractivity contribution in [2.45, 2.75) is 20.5 Å². The Hall–Kier alpha value is -3.19.